The summed E-state index contributed by atoms with van der Waals surface area (Å²) >= 11 is 5.73. The van der Waals surface area contributed by atoms with Crippen LogP contribution in [0, 0.1) is 0 Å². The second kappa shape index (κ2) is 4.96. The number of methoxy groups -OCH3 is 1. The Balaban J connectivity index is 3.36. The maximum Gasteiger partial charge on any atom is 0.416 e. The van der Waals surface area contributed by atoms with E-state index < -0.39 is 11.7 Å². The Kier molecular flexibility index (Phi) is 4.03. The van der Waals surface area contributed by atoms with E-state index in [0.29, 0.717) is 0 Å². The number of carbonyl (C=O) groups excluding carboxylic acids is 1. The number of ether oxygens (including phenoxy) is 1. The highest BCUT2D eigenvalue weighted by Gasteiger charge is 2.34. The Hall–Kier alpha value is -1.23. The molecule has 0 bridgehead atoms. The van der Waals surface area contributed by atoms with Crippen molar-refractivity contribution in [1.29, 1.82) is 0 Å². The highest BCUT2D eigenvalue weighted by molar-refractivity contribution is 6.32. The minimum absolute atomic E-state index is 0.0525. The summed E-state index contributed by atoms with van der Waals surface area (Å²) in [5.41, 5.74) is -1.04. The zero-order chi connectivity index (χ0) is 13.2. The molecule has 94 valence electrons. The van der Waals surface area contributed by atoms with Gasteiger partial charge < -0.3 is 4.74 Å². The molecule has 0 unspecified atom stereocenters. The number of hydrogen-bond acceptors (Lipinski definition) is 2. The van der Waals surface area contributed by atoms with Crippen LogP contribution in [0.25, 0.3) is 0 Å². The van der Waals surface area contributed by atoms with E-state index in [0.717, 1.165) is 12.1 Å². The van der Waals surface area contributed by atoms with Gasteiger partial charge in [-0.15, -0.1) is 0 Å². The molecule has 6 heteroatoms. The Morgan fingerprint density at radius 3 is 2.41 bits per heavy atom. The van der Waals surface area contributed by atoms with Gasteiger partial charge in [0.25, 0.3) is 0 Å². The van der Waals surface area contributed by atoms with Crippen LogP contribution >= 0.6 is 11.6 Å². The standard InChI is InChI=1S/C11H10ClF3O2/c1-6(16)3-7-4-9(12)10(17-2)5-8(7)11(13,14)15/h4-5H,3H2,1-2H3. The van der Waals surface area contributed by atoms with Crippen molar-refractivity contribution >= 4 is 17.4 Å². The van der Waals surface area contributed by atoms with E-state index in [1.165, 1.54) is 14.0 Å². The smallest absolute Gasteiger partial charge is 0.416 e. The molecule has 2 nitrogen and oxygen atoms in total. The molecule has 0 fully saturated rings. The highest BCUT2D eigenvalue weighted by Crippen LogP contribution is 2.38. The third-order valence-corrected chi connectivity index (χ3v) is 2.42. The van der Waals surface area contributed by atoms with Gasteiger partial charge in [0.2, 0.25) is 0 Å². The molecule has 0 aliphatic carbocycles. The van der Waals surface area contributed by atoms with Crippen molar-refractivity contribution in [3.8, 4) is 5.75 Å². The van der Waals surface area contributed by atoms with E-state index in [1.807, 2.05) is 0 Å². The number of hydrogen-bond donors (Lipinski definition) is 0. The molecule has 1 aromatic rings. The molecule has 0 amide bonds. The van der Waals surface area contributed by atoms with Gasteiger partial charge in [-0.2, -0.15) is 13.2 Å². The van der Waals surface area contributed by atoms with E-state index in [4.69, 9.17) is 16.3 Å². The predicted molar refractivity (Wildman–Crippen MR) is 57.4 cm³/mol. The molecule has 0 aromatic heterocycles. The monoisotopic (exact) mass is 266 g/mol. The molecule has 0 heterocycles. The Morgan fingerprint density at radius 1 is 1.41 bits per heavy atom. The van der Waals surface area contributed by atoms with Gasteiger partial charge in [-0.25, -0.2) is 0 Å². The third kappa shape index (κ3) is 3.36. The fourth-order valence-electron chi connectivity index (χ4n) is 1.43. The molecule has 0 N–H and O–H groups in total. The molecule has 0 spiro atoms. The zero-order valence-corrected chi connectivity index (χ0v) is 9.95. The first-order valence-electron chi connectivity index (χ1n) is 4.68. The average molecular weight is 267 g/mol. The molecule has 0 saturated carbocycles. The lowest BCUT2D eigenvalue weighted by Gasteiger charge is -2.14. The zero-order valence-electron chi connectivity index (χ0n) is 9.19. The normalized spacial score (nSPS) is 11.4. The van der Waals surface area contributed by atoms with Crippen LogP contribution in [0.3, 0.4) is 0 Å². The van der Waals surface area contributed by atoms with Crippen LogP contribution in [0.15, 0.2) is 12.1 Å². The summed E-state index contributed by atoms with van der Waals surface area (Å²) in [4.78, 5) is 10.9. The minimum atomic E-state index is -4.54. The van der Waals surface area contributed by atoms with Gasteiger partial charge >= 0.3 is 6.18 Å². The number of rotatable bonds is 3. The molecule has 0 aliphatic heterocycles. The largest absolute Gasteiger partial charge is 0.495 e. The van der Waals surface area contributed by atoms with Gasteiger partial charge in [0.05, 0.1) is 17.7 Å². The van der Waals surface area contributed by atoms with Crippen LogP contribution in [0.5, 0.6) is 5.75 Å². The van der Waals surface area contributed by atoms with Gasteiger partial charge in [0, 0.05) is 6.42 Å². The molecule has 0 aliphatic rings. The van der Waals surface area contributed by atoms with Crippen LogP contribution < -0.4 is 4.74 Å². The SMILES string of the molecule is COc1cc(C(F)(F)F)c(CC(C)=O)cc1Cl. The maximum absolute atomic E-state index is 12.7. The van der Waals surface area contributed by atoms with Crippen LogP contribution in [-0.2, 0) is 17.4 Å². The number of halogens is 4. The Morgan fingerprint density at radius 2 is 2.00 bits per heavy atom. The maximum atomic E-state index is 12.7. The van der Waals surface area contributed by atoms with Crippen LogP contribution in [0.4, 0.5) is 13.2 Å². The van der Waals surface area contributed by atoms with Gasteiger partial charge in [-0.1, -0.05) is 11.6 Å². The summed E-state index contributed by atoms with van der Waals surface area (Å²) in [6, 6.07) is 1.92. The topological polar surface area (TPSA) is 26.3 Å². The van der Waals surface area contributed by atoms with Crippen molar-refractivity contribution in [2.45, 2.75) is 19.5 Å². The molecular formula is C11H10ClF3O2. The van der Waals surface area contributed by atoms with Crippen molar-refractivity contribution in [3.63, 3.8) is 0 Å². The number of Topliss-reactive ketones (excluding diaryl/α,β-unsaturated/α-hetero) is 1. The number of benzene rings is 1. The summed E-state index contributed by atoms with van der Waals surface area (Å²) in [6.45, 7) is 1.22. The molecule has 1 aromatic carbocycles. The van der Waals surface area contributed by atoms with E-state index in [1.54, 1.807) is 0 Å². The fourth-order valence-corrected chi connectivity index (χ4v) is 1.69. The van der Waals surface area contributed by atoms with E-state index in [2.05, 4.69) is 0 Å². The summed E-state index contributed by atoms with van der Waals surface area (Å²) in [6.07, 6.45) is -4.85. The van der Waals surface area contributed by atoms with Crippen LogP contribution in [0.2, 0.25) is 5.02 Å². The highest BCUT2D eigenvalue weighted by atomic mass is 35.5. The lowest BCUT2D eigenvalue weighted by molar-refractivity contribution is -0.138. The van der Waals surface area contributed by atoms with Crippen molar-refractivity contribution in [3.05, 3.63) is 28.3 Å². The lowest BCUT2D eigenvalue weighted by Crippen LogP contribution is -2.12. The van der Waals surface area contributed by atoms with E-state index in [-0.39, 0.29) is 28.5 Å². The van der Waals surface area contributed by atoms with Crippen LogP contribution in [0.1, 0.15) is 18.1 Å². The van der Waals surface area contributed by atoms with Crippen molar-refractivity contribution in [2.24, 2.45) is 0 Å². The first kappa shape index (κ1) is 13.8. The van der Waals surface area contributed by atoms with E-state index in [9.17, 15) is 18.0 Å². The van der Waals surface area contributed by atoms with Gasteiger partial charge in [0.15, 0.2) is 0 Å². The Bertz CT molecular complexity index is 441. The number of carbonyl (C=O) groups is 1. The van der Waals surface area contributed by atoms with Crippen LogP contribution in [-0.4, -0.2) is 12.9 Å². The van der Waals surface area contributed by atoms with Crippen molar-refractivity contribution < 1.29 is 22.7 Å². The molecule has 17 heavy (non-hydrogen) atoms. The van der Waals surface area contributed by atoms with Gasteiger partial charge in [-0.05, 0) is 24.6 Å². The predicted octanol–water partition coefficient (Wildman–Crippen LogP) is 3.50. The second-order valence-corrected chi connectivity index (χ2v) is 3.93. The summed E-state index contributed by atoms with van der Waals surface area (Å²) < 4.78 is 42.9. The minimum Gasteiger partial charge on any atom is -0.495 e. The quantitative estimate of drug-likeness (QED) is 0.837. The number of ketones is 1. The lowest BCUT2D eigenvalue weighted by atomic mass is 10.0. The Labute approximate surface area is 101 Å². The van der Waals surface area contributed by atoms with E-state index >= 15 is 0 Å². The first-order valence-corrected chi connectivity index (χ1v) is 5.06. The molecule has 0 saturated heterocycles. The summed E-state index contributed by atoms with van der Waals surface area (Å²) in [5, 5.41) is 0.0525. The fraction of sp³-hybridized carbons (Fsp3) is 0.364. The van der Waals surface area contributed by atoms with Gasteiger partial charge in [-0.3, -0.25) is 4.79 Å². The number of alkyl halides is 3. The third-order valence-electron chi connectivity index (χ3n) is 2.12. The summed E-state index contributed by atoms with van der Waals surface area (Å²) in [5.74, 6) is -0.428. The van der Waals surface area contributed by atoms with Crippen molar-refractivity contribution in [2.75, 3.05) is 7.11 Å². The van der Waals surface area contributed by atoms with Crippen molar-refractivity contribution in [1.82, 2.24) is 0 Å². The average Bonchev–Trinajstić information content (AvgIpc) is 2.14. The second-order valence-electron chi connectivity index (χ2n) is 3.52. The molecule has 0 atom stereocenters. The molecule has 1 rings (SSSR count). The molecular weight excluding hydrogens is 257 g/mol. The van der Waals surface area contributed by atoms with Gasteiger partial charge in [0.1, 0.15) is 11.5 Å². The molecule has 0 radical (unpaired) electrons. The first-order chi connectivity index (χ1) is 7.75. The summed E-state index contributed by atoms with van der Waals surface area (Å²) in [7, 11) is 1.23.